The van der Waals surface area contributed by atoms with Gasteiger partial charge in [0.1, 0.15) is 11.4 Å². The summed E-state index contributed by atoms with van der Waals surface area (Å²) in [6.45, 7) is 0. The van der Waals surface area contributed by atoms with Crippen molar-refractivity contribution < 1.29 is 22.5 Å². The second kappa shape index (κ2) is 8.58. The molecule has 0 unspecified atom stereocenters. The minimum absolute atomic E-state index is 0.179. The van der Waals surface area contributed by atoms with Gasteiger partial charge in [-0.15, -0.1) is 0 Å². The summed E-state index contributed by atoms with van der Waals surface area (Å²) in [5, 5.41) is 16.0. The van der Waals surface area contributed by atoms with Crippen LogP contribution in [0.15, 0.2) is 74.1 Å². The van der Waals surface area contributed by atoms with Crippen molar-refractivity contribution in [2.24, 2.45) is 5.10 Å². The number of nitro benzene ring substituents is 1. The number of alkyl halides is 3. The SMILES string of the molecule is O=[N+]([O-])c1cc(C(F)(F)F)ccc1N/N=C/c1ccc(Sc2ccc(Cl)cc2)o1. The predicted octanol–water partition coefficient (Wildman–Crippen LogP) is 6.46. The normalized spacial score (nSPS) is 11.7. The molecule has 0 aliphatic heterocycles. The summed E-state index contributed by atoms with van der Waals surface area (Å²) in [7, 11) is 0. The lowest BCUT2D eigenvalue weighted by molar-refractivity contribution is -0.384. The Bertz CT molecular complexity index is 1050. The van der Waals surface area contributed by atoms with E-state index in [9.17, 15) is 23.3 Å². The Labute approximate surface area is 171 Å². The third-order valence-electron chi connectivity index (χ3n) is 3.53. The lowest BCUT2D eigenvalue weighted by atomic mass is 10.1. The Kier molecular flexibility index (Phi) is 6.14. The molecule has 0 atom stereocenters. The minimum Gasteiger partial charge on any atom is -0.448 e. The zero-order valence-electron chi connectivity index (χ0n) is 14.3. The highest BCUT2D eigenvalue weighted by atomic mass is 35.5. The van der Waals surface area contributed by atoms with Gasteiger partial charge in [0, 0.05) is 16.0 Å². The average molecular weight is 442 g/mol. The molecule has 1 aromatic heterocycles. The first-order chi connectivity index (χ1) is 13.7. The van der Waals surface area contributed by atoms with E-state index in [0.717, 1.165) is 17.0 Å². The number of hydrazone groups is 1. The monoisotopic (exact) mass is 441 g/mol. The number of halogens is 4. The molecule has 3 aromatic rings. The summed E-state index contributed by atoms with van der Waals surface area (Å²) in [6.07, 6.45) is -3.42. The molecule has 0 fully saturated rings. The maximum atomic E-state index is 12.7. The lowest BCUT2D eigenvalue weighted by Gasteiger charge is -2.08. The average Bonchev–Trinajstić information content (AvgIpc) is 3.10. The zero-order valence-corrected chi connectivity index (χ0v) is 15.9. The quantitative estimate of drug-likeness (QED) is 0.270. The Morgan fingerprint density at radius 2 is 1.86 bits per heavy atom. The van der Waals surface area contributed by atoms with Crippen molar-refractivity contribution in [3.05, 3.63) is 81.1 Å². The largest absolute Gasteiger partial charge is 0.448 e. The number of hydrogen-bond donors (Lipinski definition) is 1. The molecule has 0 saturated heterocycles. The van der Waals surface area contributed by atoms with Gasteiger partial charge in [0.25, 0.3) is 5.69 Å². The molecule has 3 rings (SSSR count). The van der Waals surface area contributed by atoms with Gasteiger partial charge in [-0.2, -0.15) is 18.3 Å². The van der Waals surface area contributed by atoms with Gasteiger partial charge in [0.05, 0.1) is 16.7 Å². The first kappa shape index (κ1) is 20.7. The topological polar surface area (TPSA) is 80.7 Å². The van der Waals surface area contributed by atoms with E-state index in [1.165, 1.54) is 18.0 Å². The van der Waals surface area contributed by atoms with Gasteiger partial charge < -0.3 is 4.42 Å². The standard InChI is InChI=1S/C18H11ClF3N3O3S/c19-12-2-5-14(6-3-12)29-17-8-4-13(28-17)10-23-24-15-7-1-11(18(20,21)22)9-16(15)25(26)27/h1-10,24H/b23-10+. The number of hydrogen-bond acceptors (Lipinski definition) is 6. The summed E-state index contributed by atoms with van der Waals surface area (Å²) in [5.41, 5.74) is 0.329. The molecule has 2 aromatic carbocycles. The summed E-state index contributed by atoms with van der Waals surface area (Å²) in [6, 6.07) is 12.6. The Hall–Kier alpha value is -2.98. The molecule has 0 aliphatic carbocycles. The molecular weight excluding hydrogens is 431 g/mol. The molecule has 0 spiro atoms. The van der Waals surface area contributed by atoms with Crippen LogP contribution in [-0.4, -0.2) is 11.1 Å². The number of furan rings is 1. The second-order valence-corrected chi connectivity index (χ2v) is 7.08. The van der Waals surface area contributed by atoms with Gasteiger partial charge in [-0.1, -0.05) is 23.4 Å². The molecule has 0 bridgehead atoms. The first-order valence-electron chi connectivity index (χ1n) is 7.90. The van der Waals surface area contributed by atoms with Crippen LogP contribution in [0.2, 0.25) is 5.02 Å². The summed E-state index contributed by atoms with van der Waals surface area (Å²) >= 11 is 7.19. The van der Waals surface area contributed by atoms with E-state index in [1.807, 2.05) is 12.1 Å². The van der Waals surface area contributed by atoms with Crippen molar-refractivity contribution in [3.63, 3.8) is 0 Å². The highest BCUT2D eigenvalue weighted by Gasteiger charge is 2.33. The van der Waals surface area contributed by atoms with E-state index in [2.05, 4.69) is 10.5 Å². The van der Waals surface area contributed by atoms with E-state index in [4.69, 9.17) is 16.0 Å². The van der Waals surface area contributed by atoms with Gasteiger partial charge in [-0.05, 0) is 48.5 Å². The number of nitrogens with zero attached hydrogens (tertiary/aromatic N) is 2. The maximum Gasteiger partial charge on any atom is 0.416 e. The van der Waals surface area contributed by atoms with E-state index >= 15 is 0 Å². The fourth-order valence-electron chi connectivity index (χ4n) is 2.20. The van der Waals surface area contributed by atoms with E-state index < -0.39 is 22.4 Å². The van der Waals surface area contributed by atoms with Crippen LogP contribution >= 0.6 is 23.4 Å². The van der Waals surface area contributed by atoms with Crippen LogP contribution in [0.3, 0.4) is 0 Å². The summed E-state index contributed by atoms with van der Waals surface area (Å²) < 4.78 is 43.7. The van der Waals surface area contributed by atoms with Crippen LogP contribution in [0, 0.1) is 10.1 Å². The van der Waals surface area contributed by atoms with Gasteiger partial charge in [0.2, 0.25) is 0 Å². The van der Waals surface area contributed by atoms with Crippen LogP contribution < -0.4 is 5.43 Å². The number of anilines is 1. The van der Waals surface area contributed by atoms with Crippen LogP contribution in [0.4, 0.5) is 24.5 Å². The fraction of sp³-hybridized carbons (Fsp3) is 0.0556. The fourth-order valence-corrected chi connectivity index (χ4v) is 3.10. The van der Waals surface area contributed by atoms with Crippen LogP contribution in [-0.2, 0) is 6.18 Å². The lowest BCUT2D eigenvalue weighted by Crippen LogP contribution is -2.06. The molecule has 150 valence electrons. The van der Waals surface area contributed by atoms with Crippen molar-refractivity contribution >= 4 is 41.0 Å². The highest BCUT2D eigenvalue weighted by Crippen LogP contribution is 2.35. The second-order valence-electron chi connectivity index (χ2n) is 5.57. The van der Waals surface area contributed by atoms with Crippen LogP contribution in [0.1, 0.15) is 11.3 Å². The molecule has 6 nitrogen and oxygen atoms in total. The van der Waals surface area contributed by atoms with E-state index in [-0.39, 0.29) is 5.69 Å². The molecule has 1 N–H and O–H groups in total. The third-order valence-corrected chi connectivity index (χ3v) is 4.71. The number of benzene rings is 2. The Morgan fingerprint density at radius 1 is 1.14 bits per heavy atom. The number of nitrogens with one attached hydrogen (secondary N) is 1. The van der Waals surface area contributed by atoms with Gasteiger partial charge in [-0.3, -0.25) is 15.5 Å². The molecule has 0 amide bonds. The third kappa shape index (κ3) is 5.52. The van der Waals surface area contributed by atoms with Gasteiger partial charge in [0.15, 0.2) is 5.09 Å². The summed E-state index contributed by atoms with van der Waals surface area (Å²) in [5.74, 6) is 0.350. The van der Waals surface area contributed by atoms with Crippen LogP contribution in [0.5, 0.6) is 0 Å². The van der Waals surface area contributed by atoms with E-state index in [0.29, 0.717) is 21.9 Å². The Balaban J connectivity index is 1.69. The maximum absolute atomic E-state index is 12.7. The smallest absolute Gasteiger partial charge is 0.416 e. The molecular formula is C18H11ClF3N3O3S. The van der Waals surface area contributed by atoms with Crippen molar-refractivity contribution in [2.75, 3.05) is 5.43 Å². The molecule has 1 heterocycles. The molecule has 0 saturated carbocycles. The van der Waals surface area contributed by atoms with Crippen molar-refractivity contribution in [1.29, 1.82) is 0 Å². The van der Waals surface area contributed by atoms with Gasteiger partial charge in [-0.25, -0.2) is 0 Å². The molecule has 0 aliphatic rings. The van der Waals surface area contributed by atoms with Crippen molar-refractivity contribution in [3.8, 4) is 0 Å². The zero-order chi connectivity index (χ0) is 21.0. The Morgan fingerprint density at radius 3 is 2.52 bits per heavy atom. The molecule has 11 heteroatoms. The van der Waals surface area contributed by atoms with E-state index in [1.54, 1.807) is 24.3 Å². The molecule has 0 radical (unpaired) electrons. The minimum atomic E-state index is -4.68. The van der Waals surface area contributed by atoms with Crippen LogP contribution in [0.25, 0.3) is 0 Å². The highest BCUT2D eigenvalue weighted by molar-refractivity contribution is 7.99. The van der Waals surface area contributed by atoms with Gasteiger partial charge >= 0.3 is 6.18 Å². The number of nitro groups is 1. The predicted molar refractivity (Wildman–Crippen MR) is 104 cm³/mol. The van der Waals surface area contributed by atoms with Crippen molar-refractivity contribution in [2.45, 2.75) is 16.2 Å². The van der Waals surface area contributed by atoms with Crippen molar-refractivity contribution in [1.82, 2.24) is 0 Å². The summed E-state index contributed by atoms with van der Waals surface area (Å²) in [4.78, 5) is 11.0. The molecule has 29 heavy (non-hydrogen) atoms. The number of rotatable bonds is 6. The first-order valence-corrected chi connectivity index (χ1v) is 9.10.